The summed E-state index contributed by atoms with van der Waals surface area (Å²) in [6.07, 6.45) is 0. The van der Waals surface area contributed by atoms with Crippen LogP contribution in [0.25, 0.3) is 0 Å². The van der Waals surface area contributed by atoms with Gasteiger partial charge < -0.3 is 20.8 Å². The van der Waals surface area contributed by atoms with E-state index in [9.17, 15) is 15.0 Å². The molecule has 4 N–H and O–H groups in total. The summed E-state index contributed by atoms with van der Waals surface area (Å²) in [7, 11) is 0. The molecule has 0 aliphatic heterocycles. The number of carbonyl (C=O) groups is 1. The summed E-state index contributed by atoms with van der Waals surface area (Å²) >= 11 is 0. The van der Waals surface area contributed by atoms with Crippen molar-refractivity contribution in [2.24, 2.45) is 0 Å². The fraction of sp³-hybridized carbons (Fsp3) is 0.133. The molecular formula is C15H16N2O3. The van der Waals surface area contributed by atoms with Gasteiger partial charge >= 0.3 is 0 Å². The summed E-state index contributed by atoms with van der Waals surface area (Å²) in [4.78, 5) is 11.2. The van der Waals surface area contributed by atoms with Crippen molar-refractivity contribution in [3.63, 3.8) is 0 Å². The highest BCUT2D eigenvalue weighted by Gasteiger charge is 2.08. The van der Waals surface area contributed by atoms with Gasteiger partial charge in [0, 0.05) is 18.7 Å². The molecule has 20 heavy (non-hydrogen) atoms. The maximum absolute atomic E-state index is 11.2. The number of benzene rings is 2. The van der Waals surface area contributed by atoms with Gasteiger partial charge in [0.2, 0.25) is 5.91 Å². The Bertz CT molecular complexity index is 636. The van der Waals surface area contributed by atoms with Crippen LogP contribution < -0.4 is 10.6 Å². The minimum Gasteiger partial charge on any atom is -0.508 e. The molecule has 5 heteroatoms. The van der Waals surface area contributed by atoms with E-state index in [0.29, 0.717) is 16.9 Å². The second-order valence-electron chi connectivity index (χ2n) is 4.54. The van der Waals surface area contributed by atoms with E-state index in [4.69, 9.17) is 0 Å². The summed E-state index contributed by atoms with van der Waals surface area (Å²) in [6.45, 7) is 3.18. The molecule has 0 aromatic heterocycles. The van der Waals surface area contributed by atoms with Gasteiger partial charge in [0.1, 0.15) is 11.5 Å². The standard InChI is InChI=1S/C15H16N2O3/c1-9-7-13(14(8-15(9)20)16-10(2)18)17-11-3-5-12(19)6-4-11/h3-8,17,19-20H,1-2H3,(H,16,18). The lowest BCUT2D eigenvalue weighted by Crippen LogP contribution is -2.08. The largest absolute Gasteiger partial charge is 0.508 e. The molecule has 5 nitrogen and oxygen atoms in total. The van der Waals surface area contributed by atoms with Crippen LogP contribution >= 0.6 is 0 Å². The third-order valence-corrected chi connectivity index (χ3v) is 2.79. The normalized spacial score (nSPS) is 10.1. The van der Waals surface area contributed by atoms with E-state index in [-0.39, 0.29) is 17.4 Å². The Morgan fingerprint density at radius 3 is 2.30 bits per heavy atom. The molecule has 0 heterocycles. The number of phenolic OH excluding ortho intramolecular Hbond substituents is 2. The average Bonchev–Trinajstić information content (AvgIpc) is 2.37. The molecule has 1 amide bonds. The van der Waals surface area contributed by atoms with Gasteiger partial charge in [0.25, 0.3) is 0 Å². The first-order valence-corrected chi connectivity index (χ1v) is 6.13. The second kappa shape index (κ2) is 5.52. The van der Waals surface area contributed by atoms with Gasteiger partial charge in [-0.2, -0.15) is 0 Å². The number of amides is 1. The first-order valence-electron chi connectivity index (χ1n) is 6.13. The minimum absolute atomic E-state index is 0.116. The van der Waals surface area contributed by atoms with Crippen molar-refractivity contribution in [1.82, 2.24) is 0 Å². The number of nitrogens with one attached hydrogen (secondary N) is 2. The van der Waals surface area contributed by atoms with Gasteiger partial charge in [-0.1, -0.05) is 0 Å². The Morgan fingerprint density at radius 1 is 1.05 bits per heavy atom. The lowest BCUT2D eigenvalue weighted by atomic mass is 10.1. The predicted molar refractivity (Wildman–Crippen MR) is 78.5 cm³/mol. The van der Waals surface area contributed by atoms with Crippen molar-refractivity contribution in [2.75, 3.05) is 10.6 Å². The number of hydrogen-bond donors (Lipinski definition) is 4. The van der Waals surface area contributed by atoms with E-state index >= 15 is 0 Å². The van der Waals surface area contributed by atoms with Crippen LogP contribution in [0.3, 0.4) is 0 Å². The predicted octanol–water partition coefficient (Wildman–Crippen LogP) is 3.11. The molecule has 0 saturated carbocycles. The average molecular weight is 272 g/mol. The molecule has 0 spiro atoms. The minimum atomic E-state index is -0.220. The second-order valence-corrected chi connectivity index (χ2v) is 4.54. The van der Waals surface area contributed by atoms with Gasteiger partial charge in [0.15, 0.2) is 0 Å². The summed E-state index contributed by atoms with van der Waals surface area (Å²) in [5, 5.41) is 24.8. The van der Waals surface area contributed by atoms with Crippen molar-refractivity contribution < 1.29 is 15.0 Å². The number of hydrogen-bond acceptors (Lipinski definition) is 4. The van der Waals surface area contributed by atoms with Crippen molar-refractivity contribution in [3.05, 3.63) is 42.0 Å². The third-order valence-electron chi connectivity index (χ3n) is 2.79. The van der Waals surface area contributed by atoms with Crippen LogP contribution in [0.2, 0.25) is 0 Å². The van der Waals surface area contributed by atoms with Crippen molar-refractivity contribution in [2.45, 2.75) is 13.8 Å². The third kappa shape index (κ3) is 3.20. The molecule has 0 bridgehead atoms. The van der Waals surface area contributed by atoms with Crippen LogP contribution in [-0.4, -0.2) is 16.1 Å². The lowest BCUT2D eigenvalue weighted by molar-refractivity contribution is -0.114. The van der Waals surface area contributed by atoms with Crippen LogP contribution in [0.4, 0.5) is 17.1 Å². The van der Waals surface area contributed by atoms with E-state index in [0.717, 1.165) is 5.69 Å². The number of anilines is 3. The zero-order valence-electron chi connectivity index (χ0n) is 11.3. The number of carbonyl (C=O) groups excluding carboxylic acids is 1. The molecule has 0 aliphatic rings. The number of aryl methyl sites for hydroxylation is 1. The van der Waals surface area contributed by atoms with Crippen molar-refractivity contribution >= 4 is 23.0 Å². The van der Waals surface area contributed by atoms with Crippen LogP contribution in [-0.2, 0) is 4.79 Å². The van der Waals surface area contributed by atoms with Gasteiger partial charge in [-0.3, -0.25) is 4.79 Å². The smallest absolute Gasteiger partial charge is 0.221 e. The monoisotopic (exact) mass is 272 g/mol. The van der Waals surface area contributed by atoms with Crippen LogP contribution in [0.5, 0.6) is 11.5 Å². The van der Waals surface area contributed by atoms with E-state index in [1.807, 2.05) is 0 Å². The van der Waals surface area contributed by atoms with Crippen molar-refractivity contribution in [3.8, 4) is 11.5 Å². The quantitative estimate of drug-likeness (QED) is 0.647. The van der Waals surface area contributed by atoms with Gasteiger partial charge in [-0.25, -0.2) is 0 Å². The Hall–Kier alpha value is -2.69. The highest BCUT2D eigenvalue weighted by atomic mass is 16.3. The molecule has 0 saturated heterocycles. The fourth-order valence-electron chi connectivity index (χ4n) is 1.79. The molecule has 104 valence electrons. The molecule has 0 fully saturated rings. The molecule has 2 rings (SSSR count). The number of rotatable bonds is 3. The Morgan fingerprint density at radius 2 is 1.70 bits per heavy atom. The first kappa shape index (κ1) is 13.7. The lowest BCUT2D eigenvalue weighted by Gasteiger charge is -2.14. The molecule has 0 unspecified atom stereocenters. The van der Waals surface area contributed by atoms with Crippen molar-refractivity contribution in [1.29, 1.82) is 0 Å². The fourth-order valence-corrected chi connectivity index (χ4v) is 1.79. The highest BCUT2D eigenvalue weighted by Crippen LogP contribution is 2.32. The zero-order chi connectivity index (χ0) is 14.7. The maximum Gasteiger partial charge on any atom is 0.221 e. The topological polar surface area (TPSA) is 81.6 Å². The van der Waals surface area contributed by atoms with Crippen LogP contribution in [0.15, 0.2) is 36.4 Å². The molecule has 2 aromatic rings. The van der Waals surface area contributed by atoms with E-state index in [2.05, 4.69) is 10.6 Å². The van der Waals surface area contributed by atoms with E-state index in [1.165, 1.54) is 13.0 Å². The maximum atomic E-state index is 11.2. The molecule has 0 aliphatic carbocycles. The number of aromatic hydroxyl groups is 2. The number of phenols is 2. The van der Waals surface area contributed by atoms with E-state index < -0.39 is 0 Å². The van der Waals surface area contributed by atoms with Gasteiger partial charge in [-0.15, -0.1) is 0 Å². The van der Waals surface area contributed by atoms with E-state index in [1.54, 1.807) is 37.3 Å². The summed E-state index contributed by atoms with van der Waals surface area (Å²) < 4.78 is 0. The van der Waals surface area contributed by atoms with Gasteiger partial charge in [0.05, 0.1) is 11.4 Å². The first-order chi connectivity index (χ1) is 9.45. The molecular weight excluding hydrogens is 256 g/mol. The molecule has 2 aromatic carbocycles. The Kier molecular flexibility index (Phi) is 3.79. The zero-order valence-corrected chi connectivity index (χ0v) is 11.3. The highest BCUT2D eigenvalue weighted by molar-refractivity contribution is 5.94. The van der Waals surface area contributed by atoms with Crippen LogP contribution in [0, 0.1) is 6.92 Å². The van der Waals surface area contributed by atoms with Crippen LogP contribution in [0.1, 0.15) is 12.5 Å². The summed E-state index contributed by atoms with van der Waals surface area (Å²) in [6, 6.07) is 9.80. The summed E-state index contributed by atoms with van der Waals surface area (Å²) in [5.41, 5.74) is 2.62. The summed E-state index contributed by atoms with van der Waals surface area (Å²) in [5.74, 6) is 0.0755. The Balaban J connectivity index is 2.36. The van der Waals surface area contributed by atoms with Gasteiger partial charge in [-0.05, 0) is 42.8 Å². The molecule has 0 radical (unpaired) electrons. The Labute approximate surface area is 116 Å². The molecule has 0 atom stereocenters. The SMILES string of the molecule is CC(=O)Nc1cc(O)c(C)cc1Nc1ccc(O)cc1.